The van der Waals surface area contributed by atoms with E-state index in [1.165, 1.54) is 11.3 Å². The maximum atomic E-state index is 13.2. The van der Waals surface area contributed by atoms with E-state index in [2.05, 4.69) is 17.6 Å². The third kappa shape index (κ3) is 5.87. The standard InChI is InChI=1S/C26H33N5O4S/c1-16(20-11-17(15-36-20)24(27)28)30-25(34)19-12-26(2)13-21(26)31(19)23(33)14-29-22(32)9-6-10-35-18-7-4-3-5-8-18/h3-5,7-8,11,15-16,19,21H,6,9-10,12-14H2,1-2H3,(H3,27,28)(H,29,32)(H,30,34)/t16?,19-,21-,26+/m0/s1. The van der Waals surface area contributed by atoms with Crippen LogP contribution in [0.1, 0.15) is 56.0 Å². The SMILES string of the molecule is CC(NC(=O)[C@@H]1C[C@]2(C)C[C@@H]2N1C(=O)CNC(=O)CCCOc1ccccc1)c1cc(C(=N)N)cs1. The largest absolute Gasteiger partial charge is 0.494 e. The first kappa shape index (κ1) is 25.7. The summed E-state index contributed by atoms with van der Waals surface area (Å²) in [5.74, 6) is 0.0877. The Labute approximate surface area is 214 Å². The Morgan fingerprint density at radius 2 is 2.03 bits per heavy atom. The van der Waals surface area contributed by atoms with Crippen molar-refractivity contribution in [2.24, 2.45) is 11.1 Å². The Morgan fingerprint density at radius 3 is 2.72 bits per heavy atom. The van der Waals surface area contributed by atoms with E-state index in [9.17, 15) is 14.4 Å². The van der Waals surface area contributed by atoms with Crippen molar-refractivity contribution < 1.29 is 19.1 Å². The lowest BCUT2D eigenvalue weighted by molar-refractivity contribution is -0.140. The molecular formula is C26H33N5O4S. The number of nitrogens with two attached hydrogens (primary N) is 1. The second-order valence-corrected chi connectivity index (χ2v) is 10.8. The van der Waals surface area contributed by atoms with E-state index in [1.807, 2.05) is 37.3 Å². The van der Waals surface area contributed by atoms with Gasteiger partial charge in [-0.2, -0.15) is 0 Å². The van der Waals surface area contributed by atoms with Gasteiger partial charge in [0.2, 0.25) is 17.7 Å². The van der Waals surface area contributed by atoms with Crippen molar-refractivity contribution in [3.8, 4) is 5.75 Å². The van der Waals surface area contributed by atoms with Gasteiger partial charge in [-0.3, -0.25) is 19.8 Å². The molecule has 1 aliphatic carbocycles. The molecule has 4 atom stereocenters. The summed E-state index contributed by atoms with van der Waals surface area (Å²) in [7, 11) is 0. The average Bonchev–Trinajstić information content (AvgIpc) is 3.19. The van der Waals surface area contributed by atoms with Gasteiger partial charge in [0, 0.05) is 28.3 Å². The zero-order chi connectivity index (χ0) is 25.9. The monoisotopic (exact) mass is 511 g/mol. The molecule has 192 valence electrons. The number of hydrogen-bond donors (Lipinski definition) is 4. The lowest BCUT2D eigenvalue weighted by Crippen LogP contribution is -2.51. The molecule has 1 saturated heterocycles. The highest BCUT2D eigenvalue weighted by molar-refractivity contribution is 7.10. The Hall–Kier alpha value is -3.40. The number of carbonyl (C=O) groups is 3. The van der Waals surface area contributed by atoms with E-state index in [0.717, 1.165) is 17.0 Å². The molecule has 5 N–H and O–H groups in total. The zero-order valence-electron chi connectivity index (χ0n) is 20.6. The number of ether oxygens (including phenoxy) is 1. The average molecular weight is 512 g/mol. The van der Waals surface area contributed by atoms with Crippen molar-refractivity contribution in [3.63, 3.8) is 0 Å². The van der Waals surface area contributed by atoms with Crippen LogP contribution in [-0.4, -0.2) is 53.7 Å². The van der Waals surface area contributed by atoms with E-state index >= 15 is 0 Å². The number of likely N-dealkylation sites (tertiary alicyclic amines) is 1. The van der Waals surface area contributed by atoms with Gasteiger partial charge >= 0.3 is 0 Å². The number of para-hydroxylation sites is 1. The summed E-state index contributed by atoms with van der Waals surface area (Å²) in [6, 6.07) is 10.4. The normalized spacial score (nSPS) is 22.9. The van der Waals surface area contributed by atoms with Crippen LogP contribution in [0.3, 0.4) is 0 Å². The molecule has 36 heavy (non-hydrogen) atoms. The molecule has 2 aliphatic rings. The maximum absolute atomic E-state index is 13.2. The van der Waals surface area contributed by atoms with Gasteiger partial charge < -0.3 is 26.0 Å². The molecule has 2 aromatic rings. The molecule has 0 bridgehead atoms. The lowest BCUT2D eigenvalue weighted by Gasteiger charge is -2.28. The number of piperidine rings is 1. The summed E-state index contributed by atoms with van der Waals surface area (Å²) in [4.78, 5) is 41.0. The van der Waals surface area contributed by atoms with E-state index < -0.39 is 6.04 Å². The minimum Gasteiger partial charge on any atom is -0.494 e. The van der Waals surface area contributed by atoms with Crippen LogP contribution >= 0.6 is 11.3 Å². The van der Waals surface area contributed by atoms with Crippen LogP contribution in [0.15, 0.2) is 41.8 Å². The second-order valence-electron chi connectivity index (χ2n) is 9.82. The van der Waals surface area contributed by atoms with Gasteiger partial charge in [0.25, 0.3) is 0 Å². The number of fused-ring (bicyclic) bond motifs is 1. The summed E-state index contributed by atoms with van der Waals surface area (Å²) in [5, 5.41) is 15.1. The number of nitrogens with zero attached hydrogens (tertiary/aromatic N) is 1. The number of amidine groups is 1. The Kier molecular flexibility index (Phi) is 7.63. The number of benzene rings is 1. The Balaban J connectivity index is 1.26. The number of thiophene rings is 1. The summed E-state index contributed by atoms with van der Waals surface area (Å²) < 4.78 is 5.60. The first-order valence-corrected chi connectivity index (χ1v) is 13.0. The maximum Gasteiger partial charge on any atom is 0.243 e. The summed E-state index contributed by atoms with van der Waals surface area (Å²) >= 11 is 1.43. The van der Waals surface area contributed by atoms with Crippen molar-refractivity contribution in [2.75, 3.05) is 13.2 Å². The smallest absolute Gasteiger partial charge is 0.243 e. The zero-order valence-corrected chi connectivity index (χ0v) is 21.4. The van der Waals surface area contributed by atoms with Gasteiger partial charge in [-0.1, -0.05) is 25.1 Å². The van der Waals surface area contributed by atoms with Crippen LogP contribution in [0.4, 0.5) is 0 Å². The van der Waals surface area contributed by atoms with Crippen LogP contribution in [-0.2, 0) is 14.4 Å². The summed E-state index contributed by atoms with van der Waals surface area (Å²) in [6.07, 6.45) is 2.27. The molecule has 0 radical (unpaired) electrons. The predicted octanol–water partition coefficient (Wildman–Crippen LogP) is 2.56. The van der Waals surface area contributed by atoms with E-state index in [4.69, 9.17) is 15.9 Å². The molecule has 1 aromatic carbocycles. The van der Waals surface area contributed by atoms with Crippen LogP contribution in [0, 0.1) is 10.8 Å². The van der Waals surface area contributed by atoms with E-state index in [-0.39, 0.29) is 54.0 Å². The van der Waals surface area contributed by atoms with E-state index in [0.29, 0.717) is 25.0 Å². The Bertz CT molecular complexity index is 1140. The topological polar surface area (TPSA) is 138 Å². The third-order valence-electron chi connectivity index (χ3n) is 6.94. The number of nitrogens with one attached hydrogen (secondary N) is 3. The third-order valence-corrected chi connectivity index (χ3v) is 8.05. The number of carbonyl (C=O) groups excluding carboxylic acids is 3. The van der Waals surface area contributed by atoms with Crippen LogP contribution in [0.5, 0.6) is 5.75 Å². The molecular weight excluding hydrogens is 478 g/mol. The first-order valence-electron chi connectivity index (χ1n) is 12.2. The van der Waals surface area contributed by atoms with Crippen molar-refractivity contribution in [1.29, 1.82) is 5.41 Å². The highest BCUT2D eigenvalue weighted by Gasteiger charge is 2.64. The van der Waals surface area contributed by atoms with Gasteiger partial charge in [0.15, 0.2) is 0 Å². The molecule has 2 fully saturated rings. The molecule has 4 rings (SSSR count). The van der Waals surface area contributed by atoms with Crippen molar-refractivity contribution in [1.82, 2.24) is 15.5 Å². The van der Waals surface area contributed by atoms with Gasteiger partial charge in [0.1, 0.15) is 17.6 Å². The fraction of sp³-hybridized carbons (Fsp3) is 0.462. The molecule has 1 aliphatic heterocycles. The van der Waals surface area contributed by atoms with Gasteiger partial charge in [-0.05, 0) is 49.8 Å². The summed E-state index contributed by atoms with van der Waals surface area (Å²) in [6.45, 7) is 4.25. The van der Waals surface area contributed by atoms with Crippen molar-refractivity contribution >= 4 is 34.9 Å². The highest BCUT2D eigenvalue weighted by atomic mass is 32.1. The van der Waals surface area contributed by atoms with Crippen LogP contribution in [0.2, 0.25) is 0 Å². The Morgan fingerprint density at radius 1 is 1.28 bits per heavy atom. The molecule has 1 aromatic heterocycles. The molecule has 10 heteroatoms. The predicted molar refractivity (Wildman–Crippen MR) is 138 cm³/mol. The second kappa shape index (κ2) is 10.7. The highest BCUT2D eigenvalue weighted by Crippen LogP contribution is 2.59. The molecule has 0 spiro atoms. The van der Waals surface area contributed by atoms with Crippen LogP contribution < -0.4 is 21.1 Å². The minimum absolute atomic E-state index is 0.0117. The van der Waals surface area contributed by atoms with Crippen molar-refractivity contribution in [2.45, 2.75) is 57.7 Å². The lowest BCUT2D eigenvalue weighted by atomic mass is 10.0. The van der Waals surface area contributed by atoms with Crippen LogP contribution in [0.25, 0.3) is 0 Å². The fourth-order valence-corrected chi connectivity index (χ4v) is 5.67. The molecule has 1 saturated carbocycles. The van der Waals surface area contributed by atoms with E-state index in [1.54, 1.807) is 16.3 Å². The first-order chi connectivity index (χ1) is 17.2. The number of hydrogen-bond acceptors (Lipinski definition) is 6. The molecule has 2 heterocycles. The van der Waals surface area contributed by atoms with Gasteiger partial charge in [0.05, 0.1) is 19.2 Å². The van der Waals surface area contributed by atoms with Crippen molar-refractivity contribution in [3.05, 3.63) is 52.2 Å². The molecule has 9 nitrogen and oxygen atoms in total. The number of rotatable bonds is 11. The minimum atomic E-state index is -0.563. The molecule has 1 unspecified atom stereocenters. The molecule has 3 amide bonds. The summed E-state index contributed by atoms with van der Waals surface area (Å²) in [5.41, 5.74) is 6.12. The fourth-order valence-electron chi connectivity index (χ4n) is 4.76. The number of amides is 3. The van der Waals surface area contributed by atoms with Gasteiger partial charge in [-0.15, -0.1) is 11.3 Å². The number of nitrogen functional groups attached to an aromatic ring is 1. The quantitative estimate of drug-likeness (QED) is 0.209. The van der Waals surface area contributed by atoms with Gasteiger partial charge in [-0.25, -0.2) is 0 Å².